The van der Waals surface area contributed by atoms with Gasteiger partial charge in [-0.1, -0.05) is 0 Å². The molecule has 1 aliphatic carbocycles. The van der Waals surface area contributed by atoms with Gasteiger partial charge in [-0.3, -0.25) is 14.5 Å². The minimum Gasteiger partial charge on any atom is -0.379 e. The second kappa shape index (κ2) is 6.81. The lowest BCUT2D eigenvalue weighted by atomic mass is 9.89. The average molecular weight is 312 g/mol. The van der Waals surface area contributed by atoms with E-state index in [1.54, 1.807) is 6.07 Å². The number of anilines is 1. The molecule has 2 aliphatic rings. The zero-order valence-electron chi connectivity index (χ0n) is 12.1. The molecule has 0 aromatic carbocycles. The number of hydrogen-bond donors (Lipinski definition) is 1. The van der Waals surface area contributed by atoms with E-state index >= 15 is 0 Å². The Hall–Kier alpha value is -1.04. The molecule has 2 fully saturated rings. The van der Waals surface area contributed by atoms with Crippen molar-refractivity contribution in [2.45, 2.75) is 37.8 Å². The van der Waals surface area contributed by atoms with E-state index in [2.05, 4.69) is 9.74 Å². The normalized spacial score (nSPS) is 27.5. The first kappa shape index (κ1) is 14.9. The molecule has 1 aromatic rings. The van der Waals surface area contributed by atoms with Crippen molar-refractivity contribution < 1.29 is 4.74 Å². The predicted octanol–water partition coefficient (Wildman–Crippen LogP) is 2.23. The summed E-state index contributed by atoms with van der Waals surface area (Å²) in [6.45, 7) is 3.79. The molecule has 0 amide bonds. The van der Waals surface area contributed by atoms with Gasteiger partial charge in [-0.25, -0.2) is 0 Å². The van der Waals surface area contributed by atoms with E-state index in [-0.39, 0.29) is 5.56 Å². The minimum atomic E-state index is -0.0256. The highest BCUT2D eigenvalue weighted by Crippen LogP contribution is 2.30. The van der Waals surface area contributed by atoms with Crippen LogP contribution in [0.2, 0.25) is 0 Å². The average Bonchev–Trinajstić information content (AvgIpc) is 2.56. The summed E-state index contributed by atoms with van der Waals surface area (Å²) in [5.74, 6) is 0. The lowest BCUT2D eigenvalue weighted by molar-refractivity contribution is 0.00535. The zero-order valence-corrected chi connectivity index (χ0v) is 12.9. The van der Waals surface area contributed by atoms with Crippen LogP contribution in [0.25, 0.3) is 0 Å². The summed E-state index contributed by atoms with van der Waals surface area (Å²) < 4.78 is 7.25. The van der Waals surface area contributed by atoms with Crippen molar-refractivity contribution in [3.63, 3.8) is 0 Å². The third kappa shape index (κ3) is 3.25. The summed E-state index contributed by atoms with van der Waals surface area (Å²) in [5.41, 5.74) is 0.428. The third-order valence-corrected chi connectivity index (χ3v) is 4.90. The number of ether oxygens (including phenoxy) is 1. The molecule has 1 aliphatic heterocycles. The summed E-state index contributed by atoms with van der Waals surface area (Å²) in [6.07, 6.45) is 6.27. The van der Waals surface area contributed by atoms with Crippen LogP contribution in [-0.2, 0) is 4.74 Å². The summed E-state index contributed by atoms with van der Waals surface area (Å²) in [5, 5.41) is 0. The fraction of sp³-hybridized carbons (Fsp3) is 0.667. The molecule has 6 heteroatoms. The summed E-state index contributed by atoms with van der Waals surface area (Å²) >= 11 is 5.59. The number of aromatic nitrogens is 1. The Morgan fingerprint density at radius 3 is 2.48 bits per heavy atom. The van der Waals surface area contributed by atoms with Crippen LogP contribution >= 0.6 is 11.8 Å². The molecule has 1 saturated heterocycles. The maximum absolute atomic E-state index is 12.3. The van der Waals surface area contributed by atoms with Crippen LogP contribution in [-0.4, -0.2) is 41.8 Å². The molecule has 3 rings (SSSR count). The summed E-state index contributed by atoms with van der Waals surface area (Å²) in [7, 11) is 0. The van der Waals surface area contributed by atoms with Crippen LogP contribution in [0.1, 0.15) is 31.7 Å². The van der Waals surface area contributed by atoms with Crippen LogP contribution < -0.4 is 10.4 Å². The van der Waals surface area contributed by atoms with Crippen LogP contribution in [0.3, 0.4) is 0 Å². The zero-order chi connectivity index (χ0) is 14.7. The Labute approximate surface area is 129 Å². The smallest absolute Gasteiger partial charge is 0.275 e. The van der Waals surface area contributed by atoms with Gasteiger partial charge in [-0.05, 0) is 37.8 Å². The third-order valence-electron chi connectivity index (χ3n) is 4.70. The Bertz CT molecular complexity index is 520. The number of halogens is 1. The number of hydrogen-bond acceptors (Lipinski definition) is 4. The number of nitrogens with one attached hydrogen (secondary N) is 1. The molecule has 0 atom stereocenters. The van der Waals surface area contributed by atoms with Gasteiger partial charge in [0.2, 0.25) is 0 Å². The summed E-state index contributed by atoms with van der Waals surface area (Å²) in [6, 6.07) is 4.53. The second-order valence-electron chi connectivity index (χ2n) is 5.84. The van der Waals surface area contributed by atoms with Crippen molar-refractivity contribution in [3.05, 3.63) is 28.7 Å². The van der Waals surface area contributed by atoms with E-state index < -0.39 is 0 Å². The number of rotatable bonds is 3. The van der Waals surface area contributed by atoms with Crippen LogP contribution in [0.4, 0.5) is 5.69 Å². The molecule has 21 heavy (non-hydrogen) atoms. The van der Waals surface area contributed by atoms with Crippen molar-refractivity contribution in [2.24, 2.45) is 0 Å². The van der Waals surface area contributed by atoms with E-state index in [4.69, 9.17) is 16.5 Å². The summed E-state index contributed by atoms with van der Waals surface area (Å²) in [4.78, 5) is 17.3. The van der Waals surface area contributed by atoms with Crippen LogP contribution in [0.5, 0.6) is 0 Å². The molecule has 5 nitrogen and oxygen atoms in total. The fourth-order valence-electron chi connectivity index (χ4n) is 3.51. The Morgan fingerprint density at radius 1 is 1.14 bits per heavy atom. The molecule has 0 unspecified atom stereocenters. The first-order valence-electron chi connectivity index (χ1n) is 7.69. The first-order valence-corrected chi connectivity index (χ1v) is 8.07. The van der Waals surface area contributed by atoms with Crippen molar-refractivity contribution >= 4 is 17.5 Å². The maximum Gasteiger partial charge on any atom is 0.275 e. The van der Waals surface area contributed by atoms with E-state index in [1.165, 1.54) is 0 Å². The Kier molecular flexibility index (Phi) is 4.83. The highest BCUT2D eigenvalue weighted by atomic mass is 35.5. The van der Waals surface area contributed by atoms with Crippen molar-refractivity contribution in [2.75, 3.05) is 31.1 Å². The minimum absolute atomic E-state index is 0.0256. The predicted molar refractivity (Wildman–Crippen MR) is 83.9 cm³/mol. The standard InChI is InChI=1S/C15H22ClN3O2/c16-17-14-2-1-7-19(15(14)20)13-5-3-12(4-6-13)18-8-10-21-11-9-18/h1-2,7,12-13,17H,3-6,8-11H2/t12-,13+. The fourth-order valence-corrected chi connectivity index (χ4v) is 3.66. The highest BCUT2D eigenvalue weighted by Gasteiger charge is 2.28. The lowest BCUT2D eigenvalue weighted by Gasteiger charge is -2.39. The Morgan fingerprint density at radius 2 is 1.81 bits per heavy atom. The lowest BCUT2D eigenvalue weighted by Crippen LogP contribution is -2.45. The van der Waals surface area contributed by atoms with Crippen LogP contribution in [0, 0.1) is 0 Å². The van der Waals surface area contributed by atoms with Crippen LogP contribution in [0.15, 0.2) is 23.1 Å². The van der Waals surface area contributed by atoms with Crippen molar-refractivity contribution in [3.8, 4) is 0 Å². The van der Waals surface area contributed by atoms with Gasteiger partial charge in [-0.15, -0.1) is 0 Å². The van der Waals surface area contributed by atoms with Crippen molar-refractivity contribution in [1.82, 2.24) is 9.47 Å². The number of morpholine rings is 1. The molecule has 2 heterocycles. The molecule has 0 spiro atoms. The molecular formula is C15H22ClN3O2. The van der Waals surface area contributed by atoms with Crippen molar-refractivity contribution in [1.29, 1.82) is 0 Å². The van der Waals surface area contributed by atoms with Gasteiger partial charge in [0, 0.05) is 43.1 Å². The molecule has 1 aromatic heterocycles. The van der Waals surface area contributed by atoms with E-state index in [0.717, 1.165) is 52.0 Å². The van der Waals surface area contributed by atoms with Gasteiger partial charge in [0.05, 0.1) is 13.2 Å². The molecular weight excluding hydrogens is 290 g/mol. The molecule has 1 saturated carbocycles. The van der Waals surface area contributed by atoms with Gasteiger partial charge in [0.1, 0.15) is 5.69 Å². The SMILES string of the molecule is O=c1c(NCl)cccn1[C@H]1CC[C@@H](N2CCOCC2)CC1. The van der Waals surface area contributed by atoms with E-state index in [9.17, 15) is 4.79 Å². The molecule has 1 N–H and O–H groups in total. The first-order chi connectivity index (χ1) is 10.3. The monoisotopic (exact) mass is 311 g/mol. The maximum atomic E-state index is 12.3. The number of pyridine rings is 1. The van der Waals surface area contributed by atoms with Gasteiger partial charge >= 0.3 is 0 Å². The van der Waals surface area contributed by atoms with Gasteiger partial charge in [-0.2, -0.15) is 0 Å². The van der Waals surface area contributed by atoms with Gasteiger partial charge in [0.25, 0.3) is 5.56 Å². The van der Waals surface area contributed by atoms with Gasteiger partial charge in [0.15, 0.2) is 0 Å². The largest absolute Gasteiger partial charge is 0.379 e. The highest BCUT2D eigenvalue weighted by molar-refractivity contribution is 6.23. The van der Waals surface area contributed by atoms with E-state index in [1.807, 2.05) is 16.8 Å². The molecule has 116 valence electrons. The Balaban J connectivity index is 1.64. The van der Waals surface area contributed by atoms with Gasteiger partial charge < -0.3 is 9.30 Å². The molecule has 0 bridgehead atoms. The quantitative estimate of drug-likeness (QED) is 0.870. The molecule has 0 radical (unpaired) electrons. The topological polar surface area (TPSA) is 46.5 Å². The second-order valence-corrected chi connectivity index (χ2v) is 6.03. The van der Waals surface area contributed by atoms with E-state index in [0.29, 0.717) is 17.8 Å². The number of nitrogens with zero attached hydrogens (tertiary/aromatic N) is 2.